The van der Waals surface area contributed by atoms with Crippen molar-refractivity contribution in [3.63, 3.8) is 0 Å². The van der Waals surface area contributed by atoms with Gasteiger partial charge in [-0.15, -0.1) is 0 Å². The third kappa shape index (κ3) is 5.57. The van der Waals surface area contributed by atoms with Gasteiger partial charge in [-0.2, -0.15) is 0 Å². The van der Waals surface area contributed by atoms with Gasteiger partial charge in [-0.3, -0.25) is 9.88 Å². The van der Waals surface area contributed by atoms with Crippen LogP contribution in [0.3, 0.4) is 0 Å². The lowest BCUT2D eigenvalue weighted by Gasteiger charge is -2.23. The maximum absolute atomic E-state index is 5.95. The van der Waals surface area contributed by atoms with Gasteiger partial charge in [0, 0.05) is 32.4 Å². The molecule has 1 saturated heterocycles. The summed E-state index contributed by atoms with van der Waals surface area (Å²) in [5.41, 5.74) is 1.11. The fourth-order valence-electron chi connectivity index (χ4n) is 2.28. The molecule has 112 valence electrons. The monoisotopic (exact) mass is 278 g/mol. The van der Waals surface area contributed by atoms with Gasteiger partial charge in [0.25, 0.3) is 0 Å². The van der Waals surface area contributed by atoms with Crippen LogP contribution in [0.15, 0.2) is 24.4 Å². The van der Waals surface area contributed by atoms with Crippen molar-refractivity contribution in [2.75, 3.05) is 32.9 Å². The first-order valence-electron chi connectivity index (χ1n) is 7.55. The standard InChI is InChI=1S/C16H26N2O2/c1-14(2)6-9-20-16-12-18(8-10-19-13-16)11-15-5-3-4-7-17-15/h3-5,7,14,16H,6,8-13H2,1-2H3/t16-/m1/s1. The van der Waals surface area contributed by atoms with E-state index < -0.39 is 0 Å². The summed E-state index contributed by atoms with van der Waals surface area (Å²) < 4.78 is 11.6. The molecule has 1 aromatic rings. The molecule has 1 aromatic heterocycles. The van der Waals surface area contributed by atoms with Crippen molar-refractivity contribution in [1.82, 2.24) is 9.88 Å². The zero-order chi connectivity index (χ0) is 14.2. The van der Waals surface area contributed by atoms with Gasteiger partial charge in [-0.25, -0.2) is 0 Å². The Morgan fingerprint density at radius 2 is 2.35 bits per heavy atom. The Labute approximate surface area is 122 Å². The number of rotatable bonds is 6. The maximum Gasteiger partial charge on any atom is 0.0935 e. The van der Waals surface area contributed by atoms with Crippen LogP contribution in [0.5, 0.6) is 0 Å². The minimum absolute atomic E-state index is 0.181. The van der Waals surface area contributed by atoms with Gasteiger partial charge >= 0.3 is 0 Å². The third-order valence-corrected chi connectivity index (χ3v) is 3.48. The lowest BCUT2D eigenvalue weighted by atomic mass is 10.1. The average molecular weight is 278 g/mol. The highest BCUT2D eigenvalue weighted by atomic mass is 16.5. The number of hydrogen-bond acceptors (Lipinski definition) is 4. The highest BCUT2D eigenvalue weighted by Crippen LogP contribution is 2.09. The molecule has 4 heteroatoms. The van der Waals surface area contributed by atoms with Crippen molar-refractivity contribution in [2.24, 2.45) is 5.92 Å². The van der Waals surface area contributed by atoms with Crippen LogP contribution in [0.25, 0.3) is 0 Å². The number of pyridine rings is 1. The second kappa shape index (κ2) is 8.35. The molecule has 2 heterocycles. The fraction of sp³-hybridized carbons (Fsp3) is 0.688. The molecule has 4 nitrogen and oxygen atoms in total. The molecule has 0 amide bonds. The minimum Gasteiger partial charge on any atom is -0.377 e. The van der Waals surface area contributed by atoms with Crippen LogP contribution in [0.2, 0.25) is 0 Å². The van der Waals surface area contributed by atoms with E-state index in [4.69, 9.17) is 9.47 Å². The Morgan fingerprint density at radius 1 is 1.45 bits per heavy atom. The van der Waals surface area contributed by atoms with Crippen molar-refractivity contribution in [2.45, 2.75) is 32.9 Å². The molecule has 2 rings (SSSR count). The zero-order valence-corrected chi connectivity index (χ0v) is 12.6. The van der Waals surface area contributed by atoms with Crippen LogP contribution in [0, 0.1) is 5.92 Å². The molecule has 0 aromatic carbocycles. The van der Waals surface area contributed by atoms with Gasteiger partial charge in [0.1, 0.15) is 0 Å². The minimum atomic E-state index is 0.181. The number of nitrogens with zero attached hydrogens (tertiary/aromatic N) is 2. The predicted molar refractivity (Wildman–Crippen MR) is 79.5 cm³/mol. The first-order chi connectivity index (χ1) is 9.74. The van der Waals surface area contributed by atoms with Crippen LogP contribution in [-0.4, -0.2) is 48.9 Å². The van der Waals surface area contributed by atoms with Gasteiger partial charge < -0.3 is 9.47 Å². The Morgan fingerprint density at radius 3 is 3.10 bits per heavy atom. The quantitative estimate of drug-likeness (QED) is 0.800. The summed E-state index contributed by atoms with van der Waals surface area (Å²) in [6, 6.07) is 6.06. The van der Waals surface area contributed by atoms with Crippen molar-refractivity contribution < 1.29 is 9.47 Å². The third-order valence-electron chi connectivity index (χ3n) is 3.48. The Kier molecular flexibility index (Phi) is 6.43. The predicted octanol–water partition coefficient (Wildman–Crippen LogP) is 2.35. The zero-order valence-electron chi connectivity index (χ0n) is 12.6. The van der Waals surface area contributed by atoms with Gasteiger partial charge in [-0.05, 0) is 24.5 Å². The maximum atomic E-state index is 5.95. The summed E-state index contributed by atoms with van der Waals surface area (Å²) in [4.78, 5) is 6.76. The molecule has 0 radical (unpaired) electrons. The lowest BCUT2D eigenvalue weighted by Crippen LogP contribution is -2.34. The number of hydrogen-bond donors (Lipinski definition) is 0. The molecule has 0 saturated carbocycles. The van der Waals surface area contributed by atoms with Crippen LogP contribution in [-0.2, 0) is 16.0 Å². The highest BCUT2D eigenvalue weighted by Gasteiger charge is 2.19. The molecule has 0 spiro atoms. The van der Waals surface area contributed by atoms with Crippen molar-refractivity contribution >= 4 is 0 Å². The van der Waals surface area contributed by atoms with Gasteiger partial charge in [-0.1, -0.05) is 19.9 Å². The van der Waals surface area contributed by atoms with Crippen molar-refractivity contribution in [3.8, 4) is 0 Å². The number of aromatic nitrogens is 1. The van der Waals surface area contributed by atoms with Gasteiger partial charge in [0.05, 0.1) is 25.0 Å². The summed E-state index contributed by atoms with van der Waals surface area (Å²) in [5.74, 6) is 0.686. The van der Waals surface area contributed by atoms with E-state index in [0.717, 1.165) is 45.0 Å². The first-order valence-corrected chi connectivity index (χ1v) is 7.55. The molecule has 1 aliphatic heterocycles. The van der Waals surface area contributed by atoms with E-state index in [-0.39, 0.29) is 6.10 Å². The SMILES string of the molecule is CC(C)CCO[C@H]1COCCN(Cc2ccccn2)C1. The number of ether oxygens (including phenoxy) is 2. The smallest absolute Gasteiger partial charge is 0.0935 e. The molecule has 0 aliphatic carbocycles. The normalized spacial score (nSPS) is 21.1. The second-order valence-corrected chi connectivity index (χ2v) is 5.81. The summed E-state index contributed by atoms with van der Waals surface area (Å²) in [6.07, 6.45) is 3.14. The largest absolute Gasteiger partial charge is 0.377 e. The molecule has 0 bridgehead atoms. The fourth-order valence-corrected chi connectivity index (χ4v) is 2.28. The molecule has 1 fully saturated rings. The molecule has 0 N–H and O–H groups in total. The first kappa shape index (κ1) is 15.4. The van der Waals surface area contributed by atoms with E-state index in [9.17, 15) is 0 Å². The van der Waals surface area contributed by atoms with Crippen molar-refractivity contribution in [3.05, 3.63) is 30.1 Å². The van der Waals surface area contributed by atoms with E-state index in [2.05, 4.69) is 29.8 Å². The van der Waals surface area contributed by atoms with E-state index >= 15 is 0 Å². The van der Waals surface area contributed by atoms with E-state index in [1.54, 1.807) is 0 Å². The molecule has 1 aliphatic rings. The Hall–Kier alpha value is -0.970. The summed E-state index contributed by atoms with van der Waals surface area (Å²) in [6.45, 7) is 9.49. The van der Waals surface area contributed by atoms with Gasteiger partial charge in [0.2, 0.25) is 0 Å². The molecule has 20 heavy (non-hydrogen) atoms. The van der Waals surface area contributed by atoms with Crippen LogP contribution in [0.1, 0.15) is 26.0 Å². The highest BCUT2D eigenvalue weighted by molar-refractivity contribution is 5.03. The second-order valence-electron chi connectivity index (χ2n) is 5.81. The topological polar surface area (TPSA) is 34.6 Å². The summed E-state index contributed by atoms with van der Waals surface area (Å²) in [7, 11) is 0. The van der Waals surface area contributed by atoms with E-state index in [1.807, 2.05) is 18.3 Å². The van der Waals surface area contributed by atoms with Crippen LogP contribution >= 0.6 is 0 Å². The Bertz CT molecular complexity index is 370. The lowest BCUT2D eigenvalue weighted by molar-refractivity contribution is -0.0102. The van der Waals surface area contributed by atoms with Gasteiger partial charge in [0.15, 0.2) is 0 Å². The molecule has 1 atom stereocenters. The average Bonchev–Trinajstić information content (AvgIpc) is 2.65. The Balaban J connectivity index is 1.80. The molecular weight excluding hydrogens is 252 g/mol. The van der Waals surface area contributed by atoms with Crippen LogP contribution in [0.4, 0.5) is 0 Å². The molecular formula is C16H26N2O2. The van der Waals surface area contributed by atoms with E-state index in [0.29, 0.717) is 12.5 Å². The van der Waals surface area contributed by atoms with Crippen molar-refractivity contribution in [1.29, 1.82) is 0 Å². The van der Waals surface area contributed by atoms with Crippen LogP contribution < -0.4 is 0 Å². The molecule has 0 unspecified atom stereocenters. The summed E-state index contributed by atoms with van der Waals surface area (Å²) >= 11 is 0. The van der Waals surface area contributed by atoms with E-state index in [1.165, 1.54) is 0 Å². The summed E-state index contributed by atoms with van der Waals surface area (Å²) in [5, 5.41) is 0.